The predicted octanol–water partition coefficient (Wildman–Crippen LogP) is 10.6. The molecule has 3 atom stereocenters. The number of rotatable bonds is 36. The van der Waals surface area contributed by atoms with Crippen LogP contribution in [0.4, 0.5) is 0 Å². The Morgan fingerprint density at radius 3 is 1.77 bits per heavy atom. The minimum Gasteiger partial charge on any atom is -0.462 e. The third kappa shape index (κ3) is 38.9. The molecule has 0 saturated carbocycles. The number of hydrogen-bond donors (Lipinski definition) is 3. The molecule has 0 aromatic heterocycles. The van der Waals surface area contributed by atoms with E-state index in [2.05, 4.69) is 74.6 Å². The molecule has 0 aromatic rings. The van der Waals surface area contributed by atoms with Gasteiger partial charge < -0.3 is 25.2 Å². The number of carbonyl (C=O) groups excluding carboxylic acids is 2. The highest BCUT2D eigenvalue weighted by atomic mass is 31.2. The van der Waals surface area contributed by atoms with E-state index in [4.69, 9.17) is 24.3 Å². The van der Waals surface area contributed by atoms with Gasteiger partial charge in [0, 0.05) is 19.4 Å². The zero-order chi connectivity index (χ0) is 41.2. The van der Waals surface area contributed by atoms with Gasteiger partial charge >= 0.3 is 19.8 Å². The average Bonchev–Trinajstić information content (AvgIpc) is 3.18. The number of ether oxygens (including phenoxy) is 2. The standard InChI is InChI=1S/C45H72NO9P/c1-3-5-7-9-11-12-13-14-15-16-17-18-19-20-24-28-32-36-44(48)52-40-43(41-54-56(50,51)53-39-38-46)55-45(49)37-33-29-25-22-21-23-27-31-35-42(47)34-30-26-10-8-6-4-2/h5,7,11-12,14-15,17-18,20,22-27,30-31,35,42-43,47H,3-4,6,8-10,13,16,19,21,28-29,32-34,36-41,46H2,1-2H3,(H,50,51)/b7-5-,12-11-,15-14-,18-17-,24-20-,25-22-,27-23-,30-26-,35-31+/t42-,43+/m0/s1. The molecule has 1 unspecified atom stereocenters. The number of aliphatic hydroxyl groups excluding tert-OH is 1. The van der Waals surface area contributed by atoms with Gasteiger partial charge in [0.2, 0.25) is 0 Å². The summed E-state index contributed by atoms with van der Waals surface area (Å²) in [6.07, 6.45) is 48.7. The molecule has 0 saturated heterocycles. The fraction of sp³-hybridized carbons (Fsp3) is 0.556. The van der Waals surface area contributed by atoms with Crippen molar-refractivity contribution in [2.75, 3.05) is 26.4 Å². The molecule has 11 heteroatoms. The summed E-state index contributed by atoms with van der Waals surface area (Å²) in [6, 6.07) is 0. The van der Waals surface area contributed by atoms with Crippen molar-refractivity contribution in [3.63, 3.8) is 0 Å². The lowest BCUT2D eigenvalue weighted by molar-refractivity contribution is -0.161. The summed E-state index contributed by atoms with van der Waals surface area (Å²) < 4.78 is 32.6. The van der Waals surface area contributed by atoms with Gasteiger partial charge in [-0.05, 0) is 83.5 Å². The Bertz CT molecular complexity index is 1300. The summed E-state index contributed by atoms with van der Waals surface area (Å²) in [5.41, 5.74) is 5.33. The lowest BCUT2D eigenvalue weighted by Crippen LogP contribution is -2.29. The molecular formula is C45H72NO9P. The lowest BCUT2D eigenvalue weighted by atomic mass is 10.1. The van der Waals surface area contributed by atoms with Crippen LogP contribution in [-0.2, 0) is 32.7 Å². The molecule has 0 aromatic carbocycles. The molecule has 10 nitrogen and oxygen atoms in total. The van der Waals surface area contributed by atoms with E-state index in [0.29, 0.717) is 38.5 Å². The SMILES string of the molecule is CC/C=C\C/C=C\C/C=C\C/C=C\C/C=C\CCCC(=O)OC[C@H](COP(=O)(O)OCCN)OC(=O)CCC/C=C\C/C=C\C=C\[C@@H](O)C/C=C\CCCCC. The molecule has 0 spiro atoms. The number of allylic oxidation sites excluding steroid dienone is 16. The minimum atomic E-state index is -4.43. The minimum absolute atomic E-state index is 0.0207. The molecule has 4 N–H and O–H groups in total. The van der Waals surface area contributed by atoms with Crippen molar-refractivity contribution in [3.05, 3.63) is 109 Å². The highest BCUT2D eigenvalue weighted by molar-refractivity contribution is 7.47. The molecule has 0 aliphatic rings. The summed E-state index contributed by atoms with van der Waals surface area (Å²) >= 11 is 0. The average molecular weight is 802 g/mol. The van der Waals surface area contributed by atoms with E-state index >= 15 is 0 Å². The molecule has 316 valence electrons. The maximum absolute atomic E-state index is 12.5. The van der Waals surface area contributed by atoms with Crippen molar-refractivity contribution >= 4 is 19.8 Å². The van der Waals surface area contributed by atoms with Crippen molar-refractivity contribution < 1.29 is 42.7 Å². The van der Waals surface area contributed by atoms with Crippen molar-refractivity contribution in [2.45, 2.75) is 135 Å². The van der Waals surface area contributed by atoms with Gasteiger partial charge in [-0.15, -0.1) is 0 Å². The molecule has 0 bridgehead atoms. The van der Waals surface area contributed by atoms with Crippen LogP contribution >= 0.6 is 7.82 Å². The van der Waals surface area contributed by atoms with Gasteiger partial charge in [-0.25, -0.2) is 4.57 Å². The van der Waals surface area contributed by atoms with Gasteiger partial charge in [-0.3, -0.25) is 18.6 Å². The van der Waals surface area contributed by atoms with E-state index in [-0.39, 0.29) is 32.6 Å². The molecule has 0 fully saturated rings. The Kier molecular flexibility index (Phi) is 37.5. The van der Waals surface area contributed by atoms with Crippen LogP contribution in [0.5, 0.6) is 0 Å². The zero-order valence-electron chi connectivity index (χ0n) is 34.2. The summed E-state index contributed by atoms with van der Waals surface area (Å²) in [5, 5.41) is 10.0. The van der Waals surface area contributed by atoms with Gasteiger partial charge in [0.25, 0.3) is 0 Å². The van der Waals surface area contributed by atoms with E-state index in [1.54, 1.807) is 6.08 Å². The van der Waals surface area contributed by atoms with E-state index in [0.717, 1.165) is 38.5 Å². The Balaban J connectivity index is 4.48. The number of carbonyl (C=O) groups is 2. The van der Waals surface area contributed by atoms with Crippen LogP contribution in [0.2, 0.25) is 0 Å². The quantitative estimate of drug-likeness (QED) is 0.0183. The summed E-state index contributed by atoms with van der Waals surface area (Å²) in [5.74, 6) is -1.02. The van der Waals surface area contributed by atoms with Crippen molar-refractivity contribution in [3.8, 4) is 0 Å². The Labute approximate surface area is 338 Å². The summed E-state index contributed by atoms with van der Waals surface area (Å²) in [4.78, 5) is 34.8. The maximum atomic E-state index is 12.5. The molecule has 0 aliphatic carbocycles. The van der Waals surface area contributed by atoms with Crippen LogP contribution in [0.3, 0.4) is 0 Å². The zero-order valence-corrected chi connectivity index (χ0v) is 35.1. The highest BCUT2D eigenvalue weighted by Gasteiger charge is 2.25. The predicted molar refractivity (Wildman–Crippen MR) is 230 cm³/mol. The Morgan fingerprint density at radius 2 is 1.18 bits per heavy atom. The number of nitrogens with two attached hydrogens (primary N) is 1. The number of esters is 2. The molecule has 0 radical (unpaired) electrons. The number of unbranched alkanes of at least 4 members (excludes halogenated alkanes) is 5. The first-order valence-electron chi connectivity index (χ1n) is 20.5. The monoisotopic (exact) mass is 801 g/mol. The number of phosphoric acid groups is 1. The van der Waals surface area contributed by atoms with Crippen molar-refractivity contribution in [1.82, 2.24) is 0 Å². The second-order valence-electron chi connectivity index (χ2n) is 13.0. The second kappa shape index (κ2) is 39.8. The first kappa shape index (κ1) is 52.6. The summed E-state index contributed by atoms with van der Waals surface area (Å²) in [6.45, 7) is 3.32. The number of phosphoric ester groups is 1. The van der Waals surface area contributed by atoms with E-state index < -0.39 is 38.6 Å². The smallest absolute Gasteiger partial charge is 0.462 e. The van der Waals surface area contributed by atoms with Crippen LogP contribution in [0.1, 0.15) is 123 Å². The molecular weight excluding hydrogens is 729 g/mol. The van der Waals surface area contributed by atoms with Crippen LogP contribution < -0.4 is 5.73 Å². The molecule has 0 heterocycles. The fourth-order valence-corrected chi connectivity index (χ4v) is 5.45. The second-order valence-corrected chi connectivity index (χ2v) is 14.4. The van der Waals surface area contributed by atoms with Crippen LogP contribution in [0.15, 0.2) is 109 Å². The topological polar surface area (TPSA) is 155 Å². The van der Waals surface area contributed by atoms with E-state index in [1.165, 1.54) is 19.3 Å². The van der Waals surface area contributed by atoms with E-state index in [9.17, 15) is 24.2 Å². The maximum Gasteiger partial charge on any atom is 0.472 e. The molecule has 0 aliphatic heterocycles. The molecule has 56 heavy (non-hydrogen) atoms. The first-order valence-corrected chi connectivity index (χ1v) is 22.0. The largest absolute Gasteiger partial charge is 0.472 e. The lowest BCUT2D eigenvalue weighted by Gasteiger charge is -2.19. The van der Waals surface area contributed by atoms with Gasteiger partial charge in [0.15, 0.2) is 6.10 Å². The van der Waals surface area contributed by atoms with Gasteiger partial charge in [0.05, 0.1) is 19.3 Å². The third-order valence-corrected chi connectivity index (χ3v) is 8.71. The highest BCUT2D eigenvalue weighted by Crippen LogP contribution is 2.43. The third-order valence-electron chi connectivity index (χ3n) is 7.72. The van der Waals surface area contributed by atoms with Gasteiger partial charge in [0.1, 0.15) is 6.61 Å². The van der Waals surface area contributed by atoms with Gasteiger partial charge in [-0.2, -0.15) is 0 Å². The molecule has 0 amide bonds. The van der Waals surface area contributed by atoms with Gasteiger partial charge in [-0.1, -0.05) is 136 Å². The van der Waals surface area contributed by atoms with Crippen molar-refractivity contribution in [2.24, 2.45) is 5.73 Å². The van der Waals surface area contributed by atoms with Crippen LogP contribution in [0, 0.1) is 0 Å². The molecule has 0 rings (SSSR count). The fourth-order valence-electron chi connectivity index (χ4n) is 4.69. The summed E-state index contributed by atoms with van der Waals surface area (Å²) in [7, 11) is -4.43. The van der Waals surface area contributed by atoms with Crippen LogP contribution in [0.25, 0.3) is 0 Å². The van der Waals surface area contributed by atoms with Crippen molar-refractivity contribution in [1.29, 1.82) is 0 Å². The normalized spacial score (nSPS) is 15.0. The first-order chi connectivity index (χ1) is 27.2. The number of aliphatic hydroxyl groups is 1. The number of hydrogen-bond acceptors (Lipinski definition) is 9. The van der Waals surface area contributed by atoms with E-state index in [1.807, 2.05) is 42.5 Å². The Morgan fingerprint density at radius 1 is 0.643 bits per heavy atom. The van der Waals surface area contributed by atoms with Crippen LogP contribution in [-0.4, -0.2) is 60.5 Å². The Hall–Kier alpha value is -3.37.